The minimum Gasteiger partial charge on any atom is -0.491 e. The molecule has 1 unspecified atom stereocenters. The first-order chi connectivity index (χ1) is 12.4. The van der Waals surface area contributed by atoms with E-state index in [-0.39, 0.29) is 31.2 Å². The number of nitrogens with one attached hydrogen (secondary N) is 1. The number of rotatable bonds is 9. The van der Waals surface area contributed by atoms with Crippen LogP contribution in [0.2, 0.25) is 0 Å². The van der Waals surface area contributed by atoms with E-state index < -0.39 is 17.2 Å². The molecule has 1 amide bonds. The number of benzene rings is 2. The van der Waals surface area contributed by atoms with E-state index in [0.29, 0.717) is 12.0 Å². The number of carboxylic acids is 1. The Morgan fingerprint density at radius 2 is 1.77 bits per heavy atom. The van der Waals surface area contributed by atoms with Crippen molar-refractivity contribution >= 4 is 11.9 Å². The van der Waals surface area contributed by atoms with Crippen LogP contribution in [0.5, 0.6) is 5.75 Å². The highest BCUT2D eigenvalue weighted by molar-refractivity contribution is 5.83. The lowest BCUT2D eigenvalue weighted by Crippen LogP contribution is -2.44. The maximum absolute atomic E-state index is 13.4. The van der Waals surface area contributed by atoms with Crippen LogP contribution in [0.15, 0.2) is 54.6 Å². The molecule has 2 aromatic rings. The standard InChI is InChI=1S/C20H22FNO4/c1-20(19(24)25,15-8-3-2-4-9-15)14-22-18(23)12-7-13-26-17-11-6-5-10-16(17)21/h2-6,8-11H,7,12-14H2,1H3,(H,22,23)(H,24,25). The van der Waals surface area contributed by atoms with E-state index in [1.54, 1.807) is 49.4 Å². The van der Waals surface area contributed by atoms with Gasteiger partial charge in [0.15, 0.2) is 11.6 Å². The summed E-state index contributed by atoms with van der Waals surface area (Å²) in [6, 6.07) is 14.8. The number of amides is 1. The predicted molar refractivity (Wildman–Crippen MR) is 95.6 cm³/mol. The molecule has 5 nitrogen and oxygen atoms in total. The average Bonchev–Trinajstić information content (AvgIpc) is 2.65. The molecule has 0 fully saturated rings. The summed E-state index contributed by atoms with van der Waals surface area (Å²) in [5.74, 6) is -1.58. The molecule has 0 spiro atoms. The van der Waals surface area contributed by atoms with Crippen LogP contribution >= 0.6 is 0 Å². The Hall–Kier alpha value is -2.89. The van der Waals surface area contributed by atoms with Crippen molar-refractivity contribution in [1.29, 1.82) is 0 Å². The van der Waals surface area contributed by atoms with E-state index >= 15 is 0 Å². The quantitative estimate of drug-likeness (QED) is 0.675. The molecule has 2 N–H and O–H groups in total. The van der Waals surface area contributed by atoms with Crippen molar-refractivity contribution in [1.82, 2.24) is 5.32 Å². The molecule has 2 rings (SSSR count). The zero-order chi connectivity index (χ0) is 19.0. The molecule has 0 aliphatic carbocycles. The normalized spacial score (nSPS) is 12.8. The molecular formula is C20H22FNO4. The Kier molecular flexibility index (Phi) is 6.72. The van der Waals surface area contributed by atoms with Crippen LogP contribution in [0.1, 0.15) is 25.3 Å². The molecule has 0 radical (unpaired) electrons. The van der Waals surface area contributed by atoms with Crippen LogP contribution in [0.25, 0.3) is 0 Å². The molecule has 0 heterocycles. The van der Waals surface area contributed by atoms with Gasteiger partial charge in [0.2, 0.25) is 5.91 Å². The second kappa shape index (κ2) is 8.99. The Labute approximate surface area is 151 Å². The van der Waals surface area contributed by atoms with Gasteiger partial charge in [-0.15, -0.1) is 0 Å². The zero-order valence-corrected chi connectivity index (χ0v) is 14.6. The Balaban J connectivity index is 1.80. The fourth-order valence-electron chi connectivity index (χ4n) is 2.45. The number of carboxylic acid groups (broad SMARTS) is 1. The summed E-state index contributed by atoms with van der Waals surface area (Å²) >= 11 is 0. The van der Waals surface area contributed by atoms with Crippen LogP contribution in [0, 0.1) is 5.82 Å². The second-order valence-electron chi connectivity index (χ2n) is 6.16. The molecule has 0 aromatic heterocycles. The molecule has 0 saturated heterocycles. The third-order valence-electron chi connectivity index (χ3n) is 4.16. The van der Waals surface area contributed by atoms with Crippen molar-refractivity contribution in [3.05, 3.63) is 66.0 Å². The average molecular weight is 359 g/mol. The third-order valence-corrected chi connectivity index (χ3v) is 4.16. The molecule has 0 aliphatic rings. The number of carbonyl (C=O) groups excluding carboxylic acids is 1. The zero-order valence-electron chi connectivity index (χ0n) is 14.6. The monoisotopic (exact) mass is 359 g/mol. The molecular weight excluding hydrogens is 337 g/mol. The largest absolute Gasteiger partial charge is 0.491 e. The van der Waals surface area contributed by atoms with Gasteiger partial charge < -0.3 is 15.2 Å². The molecule has 2 aromatic carbocycles. The molecule has 138 valence electrons. The number of carbonyl (C=O) groups is 2. The number of aliphatic carboxylic acids is 1. The highest BCUT2D eigenvalue weighted by Gasteiger charge is 2.35. The van der Waals surface area contributed by atoms with Crippen molar-refractivity contribution in [2.45, 2.75) is 25.2 Å². The fourth-order valence-corrected chi connectivity index (χ4v) is 2.45. The van der Waals surface area contributed by atoms with E-state index in [9.17, 15) is 19.1 Å². The van der Waals surface area contributed by atoms with Crippen molar-refractivity contribution in [3.8, 4) is 5.75 Å². The smallest absolute Gasteiger partial charge is 0.315 e. The van der Waals surface area contributed by atoms with E-state index in [0.717, 1.165) is 0 Å². The van der Waals surface area contributed by atoms with Crippen LogP contribution in [0.3, 0.4) is 0 Å². The second-order valence-corrected chi connectivity index (χ2v) is 6.16. The molecule has 0 saturated carbocycles. The SMILES string of the molecule is CC(CNC(=O)CCCOc1ccccc1F)(C(=O)O)c1ccccc1. The maximum Gasteiger partial charge on any atom is 0.315 e. The van der Waals surface area contributed by atoms with Crippen molar-refractivity contribution in [2.75, 3.05) is 13.2 Å². The van der Waals surface area contributed by atoms with Gasteiger partial charge in [-0.1, -0.05) is 42.5 Å². The van der Waals surface area contributed by atoms with Crippen molar-refractivity contribution in [3.63, 3.8) is 0 Å². The Bertz CT molecular complexity index is 750. The number of ether oxygens (including phenoxy) is 1. The topological polar surface area (TPSA) is 75.6 Å². The van der Waals surface area contributed by atoms with Gasteiger partial charge in [0, 0.05) is 13.0 Å². The van der Waals surface area contributed by atoms with Crippen molar-refractivity contribution < 1.29 is 23.8 Å². The molecule has 1 atom stereocenters. The van der Waals surface area contributed by atoms with Gasteiger partial charge in [-0.25, -0.2) is 4.39 Å². The predicted octanol–water partition coefficient (Wildman–Crippen LogP) is 3.14. The molecule has 6 heteroatoms. The maximum atomic E-state index is 13.4. The van der Waals surface area contributed by atoms with Gasteiger partial charge in [0.25, 0.3) is 0 Å². The van der Waals surface area contributed by atoms with Gasteiger partial charge in [0.1, 0.15) is 5.41 Å². The summed E-state index contributed by atoms with van der Waals surface area (Å²) in [5, 5.41) is 12.2. The first-order valence-electron chi connectivity index (χ1n) is 8.36. The highest BCUT2D eigenvalue weighted by atomic mass is 19.1. The lowest BCUT2D eigenvalue weighted by Gasteiger charge is -2.25. The minimum atomic E-state index is -1.21. The van der Waals surface area contributed by atoms with Gasteiger partial charge >= 0.3 is 5.97 Å². The van der Waals surface area contributed by atoms with E-state index in [2.05, 4.69) is 5.32 Å². The van der Waals surface area contributed by atoms with Gasteiger partial charge in [-0.3, -0.25) is 9.59 Å². The molecule has 0 aliphatic heterocycles. The number of halogens is 1. The number of hydrogen-bond acceptors (Lipinski definition) is 3. The van der Waals surface area contributed by atoms with Gasteiger partial charge in [-0.05, 0) is 31.0 Å². The first-order valence-corrected chi connectivity index (χ1v) is 8.36. The number of hydrogen-bond donors (Lipinski definition) is 2. The van der Waals surface area contributed by atoms with Crippen LogP contribution in [-0.2, 0) is 15.0 Å². The van der Waals surface area contributed by atoms with Crippen molar-refractivity contribution in [2.24, 2.45) is 0 Å². The summed E-state index contributed by atoms with van der Waals surface area (Å²) in [6.45, 7) is 1.76. The van der Waals surface area contributed by atoms with E-state index in [1.165, 1.54) is 12.1 Å². The van der Waals surface area contributed by atoms with Crippen LogP contribution < -0.4 is 10.1 Å². The summed E-state index contributed by atoms with van der Waals surface area (Å²) in [6.07, 6.45) is 0.564. The highest BCUT2D eigenvalue weighted by Crippen LogP contribution is 2.23. The molecule has 0 bridgehead atoms. The molecule has 26 heavy (non-hydrogen) atoms. The fraction of sp³-hybridized carbons (Fsp3) is 0.300. The third kappa shape index (κ3) is 5.05. The van der Waals surface area contributed by atoms with E-state index in [1.807, 2.05) is 0 Å². The van der Waals surface area contributed by atoms with Gasteiger partial charge in [-0.2, -0.15) is 0 Å². The lowest BCUT2D eigenvalue weighted by molar-refractivity contribution is -0.143. The van der Waals surface area contributed by atoms with Crippen LogP contribution in [0.4, 0.5) is 4.39 Å². The summed E-state index contributed by atoms with van der Waals surface area (Å²) < 4.78 is 18.7. The number of para-hydroxylation sites is 1. The summed E-state index contributed by atoms with van der Waals surface area (Å²) in [5.41, 5.74) is -0.587. The minimum absolute atomic E-state index is 0.0145. The Morgan fingerprint density at radius 3 is 2.42 bits per heavy atom. The first kappa shape index (κ1) is 19.4. The van der Waals surface area contributed by atoms with Gasteiger partial charge in [0.05, 0.1) is 6.61 Å². The summed E-state index contributed by atoms with van der Waals surface area (Å²) in [7, 11) is 0. The van der Waals surface area contributed by atoms with Crippen LogP contribution in [-0.4, -0.2) is 30.1 Å². The Morgan fingerprint density at radius 1 is 1.12 bits per heavy atom. The summed E-state index contributed by atoms with van der Waals surface area (Å²) in [4.78, 5) is 23.7. The lowest BCUT2D eigenvalue weighted by atomic mass is 9.82. The van der Waals surface area contributed by atoms with E-state index in [4.69, 9.17) is 4.74 Å².